The highest BCUT2D eigenvalue weighted by Crippen LogP contribution is 2.19. The molecule has 0 bridgehead atoms. The van der Waals surface area contributed by atoms with Gasteiger partial charge >= 0.3 is 5.97 Å². The van der Waals surface area contributed by atoms with Crippen molar-refractivity contribution in [2.24, 2.45) is 28.1 Å². The molecule has 15 nitrogen and oxygen atoms in total. The number of aromatic nitrogens is 3. The van der Waals surface area contributed by atoms with Gasteiger partial charge in [0.05, 0.1) is 12.4 Å². The minimum Gasteiger partial charge on any atom is -0.480 e. The number of hydrogen-bond donors (Lipinski definition) is 9. The zero-order chi connectivity index (χ0) is 32.2. The van der Waals surface area contributed by atoms with E-state index in [0.29, 0.717) is 18.5 Å². The van der Waals surface area contributed by atoms with Crippen molar-refractivity contribution in [2.45, 2.75) is 70.1 Å². The minimum absolute atomic E-state index is 0.0407. The summed E-state index contributed by atoms with van der Waals surface area (Å²) in [6, 6.07) is 3.06. The van der Waals surface area contributed by atoms with Crippen LogP contribution >= 0.6 is 0 Å². The Bertz CT molecular complexity index is 1430. The van der Waals surface area contributed by atoms with Crippen molar-refractivity contribution >= 4 is 40.6 Å². The molecule has 0 aliphatic carbocycles. The molecule has 0 fully saturated rings. The van der Waals surface area contributed by atoms with Crippen molar-refractivity contribution in [2.75, 3.05) is 6.54 Å². The third kappa shape index (κ3) is 9.55. The molecule has 3 rings (SSSR count). The Kier molecular flexibility index (Phi) is 12.3. The van der Waals surface area contributed by atoms with Gasteiger partial charge in [-0.3, -0.25) is 19.4 Å². The second-order valence-electron chi connectivity index (χ2n) is 10.7. The van der Waals surface area contributed by atoms with Gasteiger partial charge in [-0.1, -0.05) is 38.5 Å². The fraction of sp³-hybridized carbons (Fsp3) is 0.448. The van der Waals surface area contributed by atoms with E-state index in [9.17, 15) is 24.3 Å². The van der Waals surface area contributed by atoms with Crippen LogP contribution in [0.2, 0.25) is 0 Å². The molecule has 12 N–H and O–H groups in total. The lowest BCUT2D eigenvalue weighted by Gasteiger charge is -2.26. The number of hydrogen-bond acceptors (Lipinski definition) is 7. The van der Waals surface area contributed by atoms with E-state index < -0.39 is 47.9 Å². The number of fused-ring (bicyclic) bond motifs is 1. The van der Waals surface area contributed by atoms with Crippen LogP contribution in [0.15, 0.2) is 48.0 Å². The van der Waals surface area contributed by atoms with Crippen LogP contribution in [0, 0.1) is 5.92 Å². The summed E-state index contributed by atoms with van der Waals surface area (Å²) in [5, 5.41) is 18.7. The topological polar surface area (TPSA) is 259 Å². The molecule has 0 spiro atoms. The molecule has 0 aliphatic rings. The third-order valence-electron chi connectivity index (χ3n) is 7.46. The highest BCUT2D eigenvalue weighted by Gasteiger charge is 2.31. The number of amides is 3. The summed E-state index contributed by atoms with van der Waals surface area (Å²) in [6.07, 6.45) is 5.75. The Labute approximate surface area is 254 Å². The van der Waals surface area contributed by atoms with Gasteiger partial charge in [-0.2, -0.15) is 0 Å². The van der Waals surface area contributed by atoms with Crippen molar-refractivity contribution in [3.05, 3.63) is 54.2 Å². The molecule has 2 heterocycles. The number of benzene rings is 1. The predicted molar refractivity (Wildman–Crippen MR) is 165 cm³/mol. The largest absolute Gasteiger partial charge is 0.480 e. The summed E-state index contributed by atoms with van der Waals surface area (Å²) in [6.45, 7) is 3.95. The first-order chi connectivity index (χ1) is 21.0. The van der Waals surface area contributed by atoms with Gasteiger partial charge in [0.2, 0.25) is 17.7 Å². The molecule has 0 saturated heterocycles. The SMILES string of the molecule is CCC(C)C(N)C(=O)NC(CCCN=C(N)N)C(=O)NC(Cc1c[nH]c2ccccc12)C(=O)NC(Cc1cnc[nH]1)C(=O)O. The lowest BCUT2D eigenvalue weighted by molar-refractivity contribution is -0.142. The number of para-hydroxylation sites is 1. The maximum Gasteiger partial charge on any atom is 0.326 e. The number of carboxylic acids is 1. The lowest BCUT2D eigenvalue weighted by atomic mass is 9.98. The number of aromatic amines is 2. The number of imidazole rings is 1. The normalized spacial score (nSPS) is 14.5. The van der Waals surface area contributed by atoms with Crippen molar-refractivity contribution in [1.29, 1.82) is 0 Å². The van der Waals surface area contributed by atoms with Crippen LogP contribution in [-0.2, 0) is 32.0 Å². The number of nitrogens with two attached hydrogens (primary N) is 3. The fourth-order valence-electron chi connectivity index (χ4n) is 4.64. The molecule has 0 aliphatic heterocycles. The van der Waals surface area contributed by atoms with Gasteiger partial charge in [0.25, 0.3) is 0 Å². The van der Waals surface area contributed by atoms with E-state index in [-0.39, 0.29) is 37.7 Å². The smallest absolute Gasteiger partial charge is 0.326 e. The summed E-state index contributed by atoms with van der Waals surface area (Å²) >= 11 is 0. The van der Waals surface area contributed by atoms with Crippen molar-refractivity contribution in [3.63, 3.8) is 0 Å². The number of carboxylic acid groups (broad SMARTS) is 1. The summed E-state index contributed by atoms with van der Waals surface area (Å²) in [4.78, 5) is 66.1. The number of carbonyl (C=O) groups excluding carboxylic acids is 3. The second kappa shape index (κ2) is 16.1. The summed E-state index contributed by atoms with van der Waals surface area (Å²) in [5.41, 5.74) is 19.0. The second-order valence-corrected chi connectivity index (χ2v) is 10.7. The maximum absolute atomic E-state index is 13.7. The molecule has 2 aromatic heterocycles. The Morgan fingerprint density at radius 3 is 2.32 bits per heavy atom. The first-order valence-electron chi connectivity index (χ1n) is 14.5. The van der Waals surface area contributed by atoms with E-state index in [0.717, 1.165) is 16.5 Å². The molecular weight excluding hydrogens is 568 g/mol. The van der Waals surface area contributed by atoms with Gasteiger partial charge in [0, 0.05) is 48.4 Å². The number of carbonyl (C=O) groups is 4. The van der Waals surface area contributed by atoms with Gasteiger partial charge in [-0.05, 0) is 30.4 Å². The Morgan fingerprint density at radius 1 is 0.977 bits per heavy atom. The molecule has 5 unspecified atom stereocenters. The molecular formula is C29H42N10O5. The highest BCUT2D eigenvalue weighted by molar-refractivity contribution is 5.95. The van der Waals surface area contributed by atoms with Crippen LogP contribution in [0.25, 0.3) is 10.9 Å². The summed E-state index contributed by atoms with van der Waals surface area (Å²) < 4.78 is 0. The van der Waals surface area contributed by atoms with Crippen LogP contribution in [-0.4, -0.2) is 80.4 Å². The Balaban J connectivity index is 1.86. The van der Waals surface area contributed by atoms with Crippen LogP contribution in [0.3, 0.4) is 0 Å². The number of rotatable bonds is 17. The van der Waals surface area contributed by atoms with Crippen LogP contribution in [0.1, 0.15) is 44.4 Å². The monoisotopic (exact) mass is 610 g/mol. The molecule has 15 heteroatoms. The number of nitrogens with zero attached hydrogens (tertiary/aromatic N) is 2. The van der Waals surface area contributed by atoms with Crippen LogP contribution in [0.4, 0.5) is 0 Å². The third-order valence-corrected chi connectivity index (χ3v) is 7.46. The summed E-state index contributed by atoms with van der Waals surface area (Å²) in [5.74, 6) is -3.35. The molecule has 1 aromatic carbocycles. The molecule has 0 radical (unpaired) electrons. The van der Waals surface area contributed by atoms with Crippen LogP contribution < -0.4 is 33.2 Å². The number of aliphatic imine (C=N–C) groups is 1. The molecule has 5 atom stereocenters. The van der Waals surface area contributed by atoms with E-state index in [1.807, 2.05) is 38.1 Å². The predicted octanol–water partition coefficient (Wildman–Crippen LogP) is -0.358. The maximum atomic E-state index is 13.7. The first kappa shape index (κ1) is 33.6. The number of nitrogens with one attached hydrogen (secondary N) is 5. The highest BCUT2D eigenvalue weighted by atomic mass is 16.4. The summed E-state index contributed by atoms with van der Waals surface area (Å²) in [7, 11) is 0. The average Bonchev–Trinajstić information content (AvgIpc) is 3.66. The van der Waals surface area contributed by atoms with Crippen molar-refractivity contribution < 1.29 is 24.3 Å². The molecule has 44 heavy (non-hydrogen) atoms. The number of H-pyrrole nitrogens is 2. The van der Waals surface area contributed by atoms with Crippen molar-refractivity contribution in [1.82, 2.24) is 30.9 Å². The minimum atomic E-state index is -1.30. The number of guanidine groups is 1. The van der Waals surface area contributed by atoms with Gasteiger partial charge in [0.1, 0.15) is 18.1 Å². The van der Waals surface area contributed by atoms with Crippen molar-refractivity contribution in [3.8, 4) is 0 Å². The van der Waals surface area contributed by atoms with Gasteiger partial charge in [0.15, 0.2) is 5.96 Å². The van der Waals surface area contributed by atoms with E-state index >= 15 is 0 Å². The lowest BCUT2D eigenvalue weighted by Crippen LogP contribution is -2.58. The first-order valence-corrected chi connectivity index (χ1v) is 14.5. The van der Waals surface area contributed by atoms with Gasteiger partial charge in [-0.25, -0.2) is 9.78 Å². The Morgan fingerprint density at radius 2 is 1.66 bits per heavy atom. The van der Waals surface area contributed by atoms with Gasteiger partial charge < -0.3 is 48.2 Å². The van der Waals surface area contributed by atoms with Gasteiger partial charge in [-0.15, -0.1) is 0 Å². The molecule has 3 aromatic rings. The zero-order valence-corrected chi connectivity index (χ0v) is 24.9. The van der Waals surface area contributed by atoms with Crippen LogP contribution in [0.5, 0.6) is 0 Å². The Hall–Kier alpha value is -4.92. The van der Waals surface area contributed by atoms with E-state index in [2.05, 4.69) is 35.9 Å². The fourth-order valence-corrected chi connectivity index (χ4v) is 4.64. The van der Waals surface area contributed by atoms with E-state index in [4.69, 9.17) is 17.2 Å². The van der Waals surface area contributed by atoms with E-state index in [1.165, 1.54) is 12.5 Å². The number of aliphatic carboxylic acids is 1. The standard InChI is InChI=1S/C29H42N10O5/c1-3-16(2)24(30)27(42)37-21(9-6-10-34-29(31)32)25(40)38-22(11-17-13-35-20-8-5-4-7-19(17)20)26(41)39-23(28(43)44)12-18-14-33-15-36-18/h4-5,7-8,13-16,21-24,35H,3,6,9-12,30H2,1-2H3,(H,33,36)(H,37,42)(H,38,40)(H,39,41)(H,43,44)(H4,31,32,34). The van der Waals surface area contributed by atoms with E-state index in [1.54, 1.807) is 6.20 Å². The molecule has 238 valence electrons. The zero-order valence-electron chi connectivity index (χ0n) is 24.9. The quantitative estimate of drug-likeness (QED) is 0.0548. The average molecular weight is 611 g/mol. The molecule has 0 saturated carbocycles. The molecule has 3 amide bonds.